The zero-order valence-electron chi connectivity index (χ0n) is 14.7. The number of ether oxygens (including phenoxy) is 2. The van der Waals surface area contributed by atoms with Crippen molar-refractivity contribution in [3.8, 4) is 23.3 Å². The predicted octanol–water partition coefficient (Wildman–Crippen LogP) is 5.61. The minimum atomic E-state index is 0.246. The monoisotopic (exact) mass is 390 g/mol. The van der Waals surface area contributed by atoms with Gasteiger partial charge in [-0.05, 0) is 46.7 Å². The van der Waals surface area contributed by atoms with Crippen molar-refractivity contribution >= 4 is 28.7 Å². The summed E-state index contributed by atoms with van der Waals surface area (Å²) in [4.78, 5) is 18.7. The van der Waals surface area contributed by atoms with Crippen molar-refractivity contribution < 1.29 is 14.3 Å². The van der Waals surface area contributed by atoms with Crippen LogP contribution in [0, 0.1) is 0 Å². The molecule has 0 aliphatic heterocycles. The molecule has 0 unspecified atom stereocenters. The van der Waals surface area contributed by atoms with Crippen molar-refractivity contribution in [3.63, 3.8) is 0 Å². The quantitative estimate of drug-likeness (QED) is 0.400. The normalized spacial score (nSPS) is 10.6. The lowest BCUT2D eigenvalue weighted by atomic mass is 10.1. The van der Waals surface area contributed by atoms with Gasteiger partial charge in [0.1, 0.15) is 23.5 Å². The summed E-state index contributed by atoms with van der Waals surface area (Å²) in [7, 11) is 0. The highest BCUT2D eigenvalue weighted by molar-refractivity contribution is 6.32. The van der Waals surface area contributed by atoms with E-state index in [1.165, 1.54) is 0 Å². The van der Waals surface area contributed by atoms with Gasteiger partial charge in [-0.15, -0.1) is 0 Å². The van der Waals surface area contributed by atoms with Crippen LogP contribution in [0.5, 0.6) is 23.3 Å². The Bertz CT molecular complexity index is 1130. The fraction of sp³-hybridized carbons (Fsp3) is 0.0455. The van der Waals surface area contributed by atoms with Gasteiger partial charge in [-0.2, -0.15) is 0 Å². The van der Waals surface area contributed by atoms with E-state index in [0.29, 0.717) is 28.7 Å². The minimum absolute atomic E-state index is 0.246. The molecule has 4 rings (SSSR count). The zero-order valence-corrected chi connectivity index (χ0v) is 15.5. The number of benzene rings is 3. The van der Waals surface area contributed by atoms with Crippen LogP contribution in [-0.2, 0) is 11.2 Å². The van der Waals surface area contributed by atoms with Crippen LogP contribution in [0.25, 0.3) is 10.8 Å². The summed E-state index contributed by atoms with van der Waals surface area (Å²) in [6.45, 7) is 0. The Balaban J connectivity index is 1.53. The first-order valence-corrected chi connectivity index (χ1v) is 8.98. The highest BCUT2D eigenvalue weighted by Gasteiger charge is 2.08. The first-order chi connectivity index (χ1) is 13.7. The Hall–Kier alpha value is -3.44. The molecule has 138 valence electrons. The zero-order chi connectivity index (χ0) is 19.3. The largest absolute Gasteiger partial charge is 0.456 e. The average molecular weight is 391 g/mol. The maximum absolute atomic E-state index is 10.7. The number of carbonyl (C=O) groups is 1. The van der Waals surface area contributed by atoms with Crippen LogP contribution in [-0.4, -0.2) is 16.3 Å². The molecule has 0 amide bonds. The van der Waals surface area contributed by atoms with Gasteiger partial charge in [0, 0.05) is 24.9 Å². The van der Waals surface area contributed by atoms with E-state index in [1.807, 2.05) is 36.4 Å². The molecule has 0 radical (unpaired) electrons. The van der Waals surface area contributed by atoms with E-state index in [4.69, 9.17) is 21.1 Å². The van der Waals surface area contributed by atoms with Gasteiger partial charge in [0.05, 0.1) is 5.02 Å². The number of hydrogen-bond donors (Lipinski definition) is 0. The topological polar surface area (TPSA) is 61.3 Å². The molecular formula is C22H15ClN2O3. The van der Waals surface area contributed by atoms with Gasteiger partial charge in [0.15, 0.2) is 0 Å². The Morgan fingerprint density at radius 3 is 2.36 bits per heavy atom. The second-order valence-electron chi connectivity index (χ2n) is 6.04. The summed E-state index contributed by atoms with van der Waals surface area (Å²) in [5.41, 5.74) is 0.984. The van der Waals surface area contributed by atoms with Crippen molar-refractivity contribution in [1.82, 2.24) is 9.97 Å². The van der Waals surface area contributed by atoms with E-state index in [0.717, 1.165) is 22.6 Å². The van der Waals surface area contributed by atoms with Gasteiger partial charge in [-0.3, -0.25) is 0 Å². The fourth-order valence-corrected chi connectivity index (χ4v) is 2.97. The minimum Gasteiger partial charge on any atom is -0.456 e. The number of hydrogen-bond acceptors (Lipinski definition) is 5. The lowest BCUT2D eigenvalue weighted by molar-refractivity contribution is -0.107. The molecule has 28 heavy (non-hydrogen) atoms. The smallest absolute Gasteiger partial charge is 0.321 e. The molecule has 0 N–H and O–H groups in total. The van der Waals surface area contributed by atoms with Gasteiger partial charge in [0.2, 0.25) is 0 Å². The maximum atomic E-state index is 10.7. The van der Waals surface area contributed by atoms with Crippen LogP contribution in [0.1, 0.15) is 5.56 Å². The number of nitrogens with zero attached hydrogens (tertiary/aromatic N) is 2. The van der Waals surface area contributed by atoms with E-state index in [2.05, 4.69) is 9.97 Å². The number of rotatable bonds is 6. The highest BCUT2D eigenvalue weighted by atomic mass is 35.5. The molecule has 0 saturated carbocycles. The average Bonchev–Trinajstić information content (AvgIpc) is 2.71. The van der Waals surface area contributed by atoms with E-state index < -0.39 is 0 Å². The van der Waals surface area contributed by atoms with Gasteiger partial charge in [0.25, 0.3) is 0 Å². The second kappa shape index (κ2) is 8.06. The molecule has 0 bridgehead atoms. The summed E-state index contributed by atoms with van der Waals surface area (Å²) in [6, 6.07) is 18.7. The third-order valence-corrected chi connectivity index (χ3v) is 4.37. The van der Waals surface area contributed by atoms with Gasteiger partial charge < -0.3 is 14.3 Å². The first-order valence-electron chi connectivity index (χ1n) is 8.60. The van der Waals surface area contributed by atoms with Crippen LogP contribution < -0.4 is 9.47 Å². The van der Waals surface area contributed by atoms with Crippen molar-refractivity contribution in [2.75, 3.05) is 0 Å². The van der Waals surface area contributed by atoms with Crippen molar-refractivity contribution in [1.29, 1.82) is 0 Å². The molecule has 0 fully saturated rings. The van der Waals surface area contributed by atoms with Crippen molar-refractivity contribution in [2.45, 2.75) is 6.42 Å². The lowest BCUT2D eigenvalue weighted by Gasteiger charge is -2.10. The number of aldehydes is 1. The molecule has 4 aromatic rings. The number of aromatic nitrogens is 2. The van der Waals surface area contributed by atoms with Crippen molar-refractivity contribution in [2.24, 2.45) is 0 Å². The van der Waals surface area contributed by atoms with Gasteiger partial charge >= 0.3 is 6.01 Å². The second-order valence-corrected chi connectivity index (χ2v) is 6.45. The Labute approximate surface area is 166 Å². The third kappa shape index (κ3) is 4.10. The van der Waals surface area contributed by atoms with Gasteiger partial charge in [-0.25, -0.2) is 9.97 Å². The summed E-state index contributed by atoms with van der Waals surface area (Å²) in [5.74, 6) is 1.70. The standard InChI is InChI=1S/C22H15ClN2O3/c23-20-14-19(28-22-24-9-1-10-25-22)6-7-21(20)27-18-5-4-16-12-15(8-11-26)2-3-17(16)13-18/h1-7,9-14H,8H2. The Kier molecular flexibility index (Phi) is 5.17. The third-order valence-electron chi connectivity index (χ3n) is 4.08. The summed E-state index contributed by atoms with van der Waals surface area (Å²) in [5, 5.41) is 2.48. The molecule has 0 saturated heterocycles. The van der Waals surface area contributed by atoms with E-state index >= 15 is 0 Å². The molecule has 3 aromatic carbocycles. The first kappa shape index (κ1) is 17.9. The van der Waals surface area contributed by atoms with Crippen LogP contribution in [0.2, 0.25) is 5.02 Å². The highest BCUT2D eigenvalue weighted by Crippen LogP contribution is 2.34. The molecule has 0 aliphatic rings. The molecular weight excluding hydrogens is 376 g/mol. The molecule has 0 atom stereocenters. The number of carbonyl (C=O) groups excluding carboxylic acids is 1. The van der Waals surface area contributed by atoms with Gasteiger partial charge in [-0.1, -0.05) is 35.9 Å². The van der Waals surface area contributed by atoms with Crippen LogP contribution >= 0.6 is 11.6 Å². The van der Waals surface area contributed by atoms with Crippen LogP contribution in [0.15, 0.2) is 73.1 Å². The van der Waals surface area contributed by atoms with Crippen LogP contribution in [0.3, 0.4) is 0 Å². The lowest BCUT2D eigenvalue weighted by Crippen LogP contribution is -1.91. The molecule has 1 aromatic heterocycles. The maximum Gasteiger partial charge on any atom is 0.321 e. The van der Waals surface area contributed by atoms with E-state index in [-0.39, 0.29) is 6.01 Å². The molecule has 5 nitrogen and oxygen atoms in total. The molecule has 1 heterocycles. The van der Waals surface area contributed by atoms with E-state index in [9.17, 15) is 4.79 Å². The summed E-state index contributed by atoms with van der Waals surface area (Å²) in [6.07, 6.45) is 4.51. The van der Waals surface area contributed by atoms with Crippen molar-refractivity contribution in [3.05, 3.63) is 83.6 Å². The van der Waals surface area contributed by atoms with Crippen LogP contribution in [0.4, 0.5) is 0 Å². The SMILES string of the molecule is O=CCc1ccc2cc(Oc3ccc(Oc4ncccn4)cc3Cl)ccc2c1. The fourth-order valence-electron chi connectivity index (χ4n) is 2.76. The summed E-state index contributed by atoms with van der Waals surface area (Å²) >= 11 is 6.34. The number of fused-ring (bicyclic) bond motifs is 1. The molecule has 0 aliphatic carbocycles. The Morgan fingerprint density at radius 2 is 1.57 bits per heavy atom. The van der Waals surface area contributed by atoms with E-state index in [1.54, 1.807) is 36.7 Å². The molecule has 0 spiro atoms. The summed E-state index contributed by atoms with van der Waals surface area (Å²) < 4.78 is 11.5. The molecule has 6 heteroatoms. The Morgan fingerprint density at radius 1 is 0.857 bits per heavy atom. The predicted molar refractivity (Wildman–Crippen MR) is 107 cm³/mol. The number of halogens is 1.